The maximum Gasteiger partial charge on any atom is 0.274 e. The SMILES string of the molecule is O=C1CCC2CN3C(=O)c4cc(=O)ccn4NC3CN12. The van der Waals surface area contributed by atoms with E-state index in [2.05, 4.69) is 5.43 Å². The van der Waals surface area contributed by atoms with Crippen LogP contribution in [0.2, 0.25) is 0 Å². The lowest BCUT2D eigenvalue weighted by Gasteiger charge is -2.46. The highest BCUT2D eigenvalue weighted by atomic mass is 16.2. The molecular weight excluding hydrogens is 260 g/mol. The Balaban J connectivity index is 1.72. The number of piperazine rings is 1. The quantitative estimate of drug-likeness (QED) is 0.670. The summed E-state index contributed by atoms with van der Waals surface area (Å²) < 4.78 is 1.58. The molecule has 2 fully saturated rings. The van der Waals surface area contributed by atoms with Crippen molar-refractivity contribution in [3.05, 3.63) is 34.2 Å². The molecular formula is C13H14N4O3. The highest BCUT2D eigenvalue weighted by Gasteiger charge is 2.44. The second kappa shape index (κ2) is 3.84. The van der Waals surface area contributed by atoms with Crippen LogP contribution in [0.15, 0.2) is 23.1 Å². The number of rotatable bonds is 0. The maximum absolute atomic E-state index is 12.5. The van der Waals surface area contributed by atoms with Gasteiger partial charge in [0.25, 0.3) is 5.91 Å². The van der Waals surface area contributed by atoms with Crippen molar-refractivity contribution in [1.29, 1.82) is 0 Å². The molecule has 4 rings (SSSR count). The zero-order valence-corrected chi connectivity index (χ0v) is 10.8. The molecule has 0 radical (unpaired) electrons. The van der Waals surface area contributed by atoms with Crippen LogP contribution in [0.25, 0.3) is 0 Å². The third kappa shape index (κ3) is 1.49. The predicted molar refractivity (Wildman–Crippen MR) is 69.6 cm³/mol. The standard InChI is InChI=1S/C13H14N4O3/c18-9-3-4-17-10(5-9)13(20)16-6-8-1-2-12(19)15(8)7-11(16)14-17/h3-5,8,11,14H,1-2,6-7H2. The third-order valence-corrected chi connectivity index (χ3v) is 4.30. The van der Waals surface area contributed by atoms with Gasteiger partial charge in [-0.15, -0.1) is 0 Å². The Morgan fingerprint density at radius 1 is 1.15 bits per heavy atom. The first-order valence-electron chi connectivity index (χ1n) is 6.73. The zero-order valence-electron chi connectivity index (χ0n) is 10.8. The first kappa shape index (κ1) is 11.5. The fraction of sp³-hybridized carbons (Fsp3) is 0.462. The van der Waals surface area contributed by atoms with Crippen LogP contribution in [-0.4, -0.2) is 51.6 Å². The molecule has 4 heterocycles. The van der Waals surface area contributed by atoms with Crippen LogP contribution < -0.4 is 10.9 Å². The van der Waals surface area contributed by atoms with Gasteiger partial charge in [-0.2, -0.15) is 0 Å². The molecule has 1 N–H and O–H groups in total. The van der Waals surface area contributed by atoms with E-state index in [1.807, 2.05) is 4.90 Å². The van der Waals surface area contributed by atoms with E-state index in [-0.39, 0.29) is 29.5 Å². The van der Waals surface area contributed by atoms with Crippen LogP contribution in [0.3, 0.4) is 0 Å². The lowest BCUT2D eigenvalue weighted by atomic mass is 10.1. The maximum atomic E-state index is 12.5. The van der Waals surface area contributed by atoms with E-state index < -0.39 is 0 Å². The molecule has 3 aliphatic rings. The van der Waals surface area contributed by atoms with Crippen LogP contribution in [0, 0.1) is 0 Å². The Morgan fingerprint density at radius 3 is 2.85 bits per heavy atom. The van der Waals surface area contributed by atoms with E-state index >= 15 is 0 Å². The Hall–Kier alpha value is -2.31. The van der Waals surface area contributed by atoms with E-state index in [1.54, 1.807) is 15.8 Å². The van der Waals surface area contributed by atoms with Crippen LogP contribution in [0.1, 0.15) is 23.3 Å². The van der Waals surface area contributed by atoms with Gasteiger partial charge in [-0.1, -0.05) is 0 Å². The second-order valence-electron chi connectivity index (χ2n) is 5.46. The number of carbonyl (C=O) groups is 2. The summed E-state index contributed by atoms with van der Waals surface area (Å²) in [7, 11) is 0. The molecule has 1 aromatic heterocycles. The van der Waals surface area contributed by atoms with Crippen molar-refractivity contribution >= 4 is 11.8 Å². The molecule has 0 spiro atoms. The average Bonchev–Trinajstić information content (AvgIpc) is 2.80. The number of amides is 2. The number of aromatic nitrogens is 1. The Morgan fingerprint density at radius 2 is 2.00 bits per heavy atom. The molecule has 2 amide bonds. The Labute approximate surface area is 114 Å². The molecule has 0 bridgehead atoms. The van der Waals surface area contributed by atoms with Gasteiger partial charge in [-0.3, -0.25) is 19.1 Å². The zero-order chi connectivity index (χ0) is 13.9. The fourth-order valence-electron chi connectivity index (χ4n) is 3.27. The van der Waals surface area contributed by atoms with Gasteiger partial charge >= 0.3 is 0 Å². The van der Waals surface area contributed by atoms with E-state index in [4.69, 9.17) is 0 Å². The van der Waals surface area contributed by atoms with Gasteiger partial charge in [0.05, 0.1) is 12.6 Å². The molecule has 7 nitrogen and oxygen atoms in total. The summed E-state index contributed by atoms with van der Waals surface area (Å²) >= 11 is 0. The highest BCUT2D eigenvalue weighted by molar-refractivity contribution is 5.94. The van der Waals surface area contributed by atoms with Crippen LogP contribution in [0.4, 0.5) is 0 Å². The molecule has 0 saturated carbocycles. The van der Waals surface area contributed by atoms with E-state index in [9.17, 15) is 14.4 Å². The number of nitrogens with one attached hydrogen (secondary N) is 1. The summed E-state index contributed by atoms with van der Waals surface area (Å²) in [5.41, 5.74) is 3.35. The molecule has 3 aliphatic heterocycles. The summed E-state index contributed by atoms with van der Waals surface area (Å²) in [6.07, 6.45) is 2.70. The monoisotopic (exact) mass is 274 g/mol. The Kier molecular flexibility index (Phi) is 2.21. The van der Waals surface area contributed by atoms with Crippen molar-refractivity contribution in [1.82, 2.24) is 14.5 Å². The molecule has 7 heteroatoms. The summed E-state index contributed by atoms with van der Waals surface area (Å²) in [4.78, 5) is 39.3. The van der Waals surface area contributed by atoms with E-state index in [1.165, 1.54) is 12.1 Å². The van der Waals surface area contributed by atoms with Gasteiger partial charge in [0, 0.05) is 31.3 Å². The molecule has 2 unspecified atom stereocenters. The summed E-state index contributed by atoms with van der Waals surface area (Å²) in [6, 6.07) is 2.87. The van der Waals surface area contributed by atoms with Crippen molar-refractivity contribution in [2.75, 3.05) is 18.5 Å². The van der Waals surface area contributed by atoms with Gasteiger partial charge in [0.2, 0.25) is 5.91 Å². The molecule has 2 saturated heterocycles. The van der Waals surface area contributed by atoms with E-state index in [0.717, 1.165) is 6.42 Å². The van der Waals surface area contributed by atoms with Crippen molar-refractivity contribution in [3.63, 3.8) is 0 Å². The van der Waals surface area contributed by atoms with Gasteiger partial charge < -0.3 is 15.2 Å². The third-order valence-electron chi connectivity index (χ3n) is 4.30. The number of hydrogen-bond acceptors (Lipinski definition) is 4. The van der Waals surface area contributed by atoms with Gasteiger partial charge in [-0.05, 0) is 6.42 Å². The number of nitrogens with zero attached hydrogens (tertiary/aromatic N) is 3. The first-order valence-corrected chi connectivity index (χ1v) is 6.73. The predicted octanol–water partition coefficient (Wildman–Crippen LogP) is -0.822. The summed E-state index contributed by atoms with van der Waals surface area (Å²) in [5, 5.41) is 0. The second-order valence-corrected chi connectivity index (χ2v) is 5.46. The van der Waals surface area contributed by atoms with Crippen molar-refractivity contribution in [3.8, 4) is 0 Å². The lowest BCUT2D eigenvalue weighted by Crippen LogP contribution is -2.65. The van der Waals surface area contributed by atoms with Gasteiger partial charge in [0.15, 0.2) is 5.43 Å². The minimum absolute atomic E-state index is 0.117. The van der Waals surface area contributed by atoms with Crippen LogP contribution >= 0.6 is 0 Å². The molecule has 0 aromatic carbocycles. The van der Waals surface area contributed by atoms with Crippen LogP contribution in [0.5, 0.6) is 0 Å². The van der Waals surface area contributed by atoms with Gasteiger partial charge in [0.1, 0.15) is 11.9 Å². The van der Waals surface area contributed by atoms with Crippen LogP contribution in [-0.2, 0) is 4.79 Å². The fourth-order valence-corrected chi connectivity index (χ4v) is 3.27. The average molecular weight is 274 g/mol. The largest absolute Gasteiger partial charge is 0.334 e. The number of pyridine rings is 1. The Bertz CT molecular complexity index is 668. The smallest absolute Gasteiger partial charge is 0.274 e. The molecule has 1 aromatic rings. The van der Waals surface area contributed by atoms with Crippen molar-refractivity contribution in [2.45, 2.75) is 25.0 Å². The minimum Gasteiger partial charge on any atom is -0.334 e. The molecule has 104 valence electrons. The lowest BCUT2D eigenvalue weighted by molar-refractivity contribution is -0.131. The number of hydrogen-bond donors (Lipinski definition) is 1. The van der Waals surface area contributed by atoms with Gasteiger partial charge in [-0.25, -0.2) is 0 Å². The summed E-state index contributed by atoms with van der Waals surface area (Å²) in [6.45, 7) is 1.03. The highest BCUT2D eigenvalue weighted by Crippen LogP contribution is 2.27. The minimum atomic E-state index is -0.226. The van der Waals surface area contributed by atoms with Crippen molar-refractivity contribution in [2.24, 2.45) is 0 Å². The molecule has 0 aliphatic carbocycles. The molecule has 20 heavy (non-hydrogen) atoms. The number of carbonyl (C=O) groups excluding carboxylic acids is 2. The van der Waals surface area contributed by atoms with E-state index in [0.29, 0.717) is 25.2 Å². The topological polar surface area (TPSA) is 74.6 Å². The first-order chi connectivity index (χ1) is 9.63. The normalized spacial score (nSPS) is 27.8. The van der Waals surface area contributed by atoms with Crippen molar-refractivity contribution < 1.29 is 9.59 Å². The molecule has 2 atom stereocenters. The summed E-state index contributed by atoms with van der Waals surface area (Å²) in [5.74, 6) is 0.0139. The number of fused-ring (bicyclic) bond motifs is 3.